The molecule has 0 N–H and O–H groups in total. The molecule has 4 rings (SSSR count). The number of hydrogen-bond acceptors (Lipinski definition) is 6. The fourth-order valence-electron chi connectivity index (χ4n) is 3.78. The lowest BCUT2D eigenvalue weighted by Gasteiger charge is -2.12. The van der Waals surface area contributed by atoms with Gasteiger partial charge in [0.25, 0.3) is 5.56 Å². The Morgan fingerprint density at radius 1 is 1.13 bits per heavy atom. The fraction of sp³-hybridized carbons (Fsp3) is 0.381. The van der Waals surface area contributed by atoms with E-state index in [-0.39, 0.29) is 13.2 Å². The summed E-state index contributed by atoms with van der Waals surface area (Å²) in [6.07, 6.45) is 1.82. The second-order valence-electron chi connectivity index (χ2n) is 7.09. The topological polar surface area (TPSA) is 93.9 Å². The molecule has 0 bridgehead atoms. The van der Waals surface area contributed by atoms with Crippen molar-refractivity contribution >= 4 is 16.9 Å². The zero-order valence-corrected chi connectivity index (χ0v) is 18.2. The molecule has 0 amide bonds. The highest BCUT2D eigenvalue weighted by atomic mass is 16.5. The number of aryl methyl sites for hydroxylation is 2. The van der Waals surface area contributed by atoms with Gasteiger partial charge in [0.05, 0.1) is 33.1 Å². The van der Waals surface area contributed by atoms with Crippen LogP contribution in [0.25, 0.3) is 22.6 Å². The Labute approximate surface area is 177 Å². The maximum absolute atomic E-state index is 13.2. The molecule has 31 heavy (non-hydrogen) atoms. The van der Waals surface area contributed by atoms with E-state index in [0.717, 1.165) is 5.69 Å². The van der Waals surface area contributed by atoms with Crippen molar-refractivity contribution in [1.29, 1.82) is 0 Å². The standard InChI is InChI=1S/C21H25N5O5/c1-6-31-10-9-24-19(27)17-18(23(3)21(24)28)22-20-25(17)12-13(2)26(20)15-11-14(29-4)7-8-16(15)30-5/h7-8,11-12H,6,9-10H2,1-5H3. The molecule has 0 atom stereocenters. The molecule has 0 aliphatic heterocycles. The molecule has 0 saturated heterocycles. The van der Waals surface area contributed by atoms with Gasteiger partial charge in [-0.05, 0) is 26.0 Å². The van der Waals surface area contributed by atoms with Crippen molar-refractivity contribution in [1.82, 2.24) is 23.1 Å². The van der Waals surface area contributed by atoms with Crippen LogP contribution in [0.3, 0.4) is 0 Å². The maximum atomic E-state index is 13.2. The molecule has 1 aromatic carbocycles. The second-order valence-corrected chi connectivity index (χ2v) is 7.09. The normalized spacial score (nSPS) is 11.5. The Balaban J connectivity index is 2.03. The van der Waals surface area contributed by atoms with Crippen LogP contribution in [0.1, 0.15) is 12.6 Å². The van der Waals surface area contributed by atoms with Gasteiger partial charge in [0.1, 0.15) is 11.5 Å². The lowest BCUT2D eigenvalue weighted by Crippen LogP contribution is -2.40. The first-order valence-corrected chi connectivity index (χ1v) is 9.93. The van der Waals surface area contributed by atoms with Crippen LogP contribution >= 0.6 is 0 Å². The van der Waals surface area contributed by atoms with Crippen LogP contribution in [-0.2, 0) is 18.3 Å². The van der Waals surface area contributed by atoms with Crippen molar-refractivity contribution in [3.05, 3.63) is 50.9 Å². The highest BCUT2D eigenvalue weighted by Gasteiger charge is 2.22. The van der Waals surface area contributed by atoms with Gasteiger partial charge < -0.3 is 14.2 Å². The van der Waals surface area contributed by atoms with Gasteiger partial charge in [-0.15, -0.1) is 0 Å². The van der Waals surface area contributed by atoms with Crippen LogP contribution in [0.4, 0.5) is 0 Å². The first-order chi connectivity index (χ1) is 14.9. The molecule has 0 aliphatic carbocycles. The summed E-state index contributed by atoms with van der Waals surface area (Å²) in [4.78, 5) is 30.7. The Bertz CT molecular complexity index is 1390. The number of fused-ring (bicyclic) bond motifs is 3. The predicted molar refractivity (Wildman–Crippen MR) is 116 cm³/mol. The van der Waals surface area contributed by atoms with E-state index in [1.165, 1.54) is 9.13 Å². The van der Waals surface area contributed by atoms with E-state index in [1.54, 1.807) is 31.7 Å². The summed E-state index contributed by atoms with van der Waals surface area (Å²) < 4.78 is 22.4. The van der Waals surface area contributed by atoms with E-state index in [9.17, 15) is 9.59 Å². The van der Waals surface area contributed by atoms with Crippen LogP contribution in [0.15, 0.2) is 34.0 Å². The van der Waals surface area contributed by atoms with Gasteiger partial charge in [-0.2, -0.15) is 4.98 Å². The summed E-state index contributed by atoms with van der Waals surface area (Å²) in [7, 11) is 4.79. The molecule has 0 unspecified atom stereocenters. The number of rotatable bonds is 7. The van der Waals surface area contributed by atoms with E-state index in [2.05, 4.69) is 4.98 Å². The van der Waals surface area contributed by atoms with Gasteiger partial charge in [-0.25, -0.2) is 4.79 Å². The third kappa shape index (κ3) is 3.19. The molecule has 0 aliphatic rings. The fourth-order valence-corrected chi connectivity index (χ4v) is 3.78. The van der Waals surface area contributed by atoms with Crippen LogP contribution in [0, 0.1) is 6.92 Å². The van der Waals surface area contributed by atoms with E-state index in [0.29, 0.717) is 40.7 Å². The number of benzene rings is 1. The maximum Gasteiger partial charge on any atom is 0.332 e. The number of ether oxygens (including phenoxy) is 3. The first kappa shape index (κ1) is 20.7. The minimum absolute atomic E-state index is 0.173. The predicted octanol–water partition coefficient (Wildman–Crippen LogP) is 1.50. The summed E-state index contributed by atoms with van der Waals surface area (Å²) in [5.74, 6) is 1.77. The van der Waals surface area contributed by atoms with Crippen molar-refractivity contribution < 1.29 is 14.2 Å². The van der Waals surface area contributed by atoms with Gasteiger partial charge in [0.15, 0.2) is 11.2 Å². The average Bonchev–Trinajstić information content (AvgIpc) is 3.28. The van der Waals surface area contributed by atoms with Crippen molar-refractivity contribution in [3.8, 4) is 17.2 Å². The first-order valence-electron chi connectivity index (χ1n) is 9.93. The summed E-state index contributed by atoms with van der Waals surface area (Å²) >= 11 is 0. The van der Waals surface area contributed by atoms with Crippen LogP contribution in [-0.4, -0.2) is 50.5 Å². The Kier molecular flexibility index (Phi) is 5.32. The van der Waals surface area contributed by atoms with Gasteiger partial charge >= 0.3 is 5.69 Å². The highest BCUT2D eigenvalue weighted by molar-refractivity contribution is 5.77. The lowest BCUT2D eigenvalue weighted by molar-refractivity contribution is 0.137. The third-order valence-electron chi connectivity index (χ3n) is 5.32. The summed E-state index contributed by atoms with van der Waals surface area (Å²) in [6, 6.07) is 5.45. The molecule has 4 aromatic rings. The summed E-state index contributed by atoms with van der Waals surface area (Å²) in [5, 5.41) is 0. The third-order valence-corrected chi connectivity index (χ3v) is 5.32. The smallest absolute Gasteiger partial charge is 0.332 e. The van der Waals surface area contributed by atoms with E-state index >= 15 is 0 Å². The number of hydrogen-bond donors (Lipinski definition) is 0. The van der Waals surface area contributed by atoms with E-state index in [4.69, 9.17) is 14.2 Å². The minimum Gasteiger partial charge on any atom is -0.497 e. The number of methoxy groups -OCH3 is 2. The Morgan fingerprint density at radius 3 is 2.58 bits per heavy atom. The van der Waals surface area contributed by atoms with Crippen molar-refractivity contribution in [2.75, 3.05) is 27.4 Å². The molecule has 3 aromatic heterocycles. The zero-order chi connectivity index (χ0) is 22.3. The highest BCUT2D eigenvalue weighted by Crippen LogP contribution is 2.31. The summed E-state index contributed by atoms with van der Waals surface area (Å²) in [6.45, 7) is 4.74. The number of nitrogens with zero attached hydrogens (tertiary/aromatic N) is 5. The van der Waals surface area contributed by atoms with E-state index < -0.39 is 11.2 Å². The Hall–Kier alpha value is -3.53. The molecule has 0 fully saturated rings. The van der Waals surface area contributed by atoms with Gasteiger partial charge in [-0.3, -0.25) is 22.9 Å². The minimum atomic E-state index is -0.430. The number of imidazole rings is 2. The second kappa shape index (κ2) is 7.95. The Morgan fingerprint density at radius 2 is 1.90 bits per heavy atom. The molecular weight excluding hydrogens is 402 g/mol. The monoisotopic (exact) mass is 427 g/mol. The quantitative estimate of drug-likeness (QED) is 0.415. The van der Waals surface area contributed by atoms with Crippen LogP contribution < -0.4 is 20.7 Å². The van der Waals surface area contributed by atoms with Gasteiger partial charge in [0, 0.05) is 31.6 Å². The summed E-state index contributed by atoms with van der Waals surface area (Å²) in [5.41, 5.74) is 1.36. The average molecular weight is 427 g/mol. The van der Waals surface area contributed by atoms with Gasteiger partial charge in [-0.1, -0.05) is 0 Å². The van der Waals surface area contributed by atoms with Gasteiger partial charge in [0.2, 0.25) is 5.78 Å². The number of aromatic nitrogens is 5. The molecule has 10 nitrogen and oxygen atoms in total. The van der Waals surface area contributed by atoms with Crippen molar-refractivity contribution in [2.45, 2.75) is 20.4 Å². The zero-order valence-electron chi connectivity index (χ0n) is 18.2. The molecule has 164 valence electrons. The van der Waals surface area contributed by atoms with E-state index in [1.807, 2.05) is 36.7 Å². The van der Waals surface area contributed by atoms with Crippen LogP contribution in [0.5, 0.6) is 11.5 Å². The lowest BCUT2D eigenvalue weighted by atomic mass is 10.2. The molecule has 3 heterocycles. The van der Waals surface area contributed by atoms with Crippen LogP contribution in [0.2, 0.25) is 0 Å². The molecular formula is C21H25N5O5. The molecule has 0 saturated carbocycles. The molecule has 0 radical (unpaired) electrons. The molecule has 0 spiro atoms. The molecule has 10 heteroatoms. The SMILES string of the molecule is CCOCCn1c(=O)c2c(nc3n(-c4cc(OC)ccc4OC)c(C)cn23)n(C)c1=O. The van der Waals surface area contributed by atoms with Crippen molar-refractivity contribution in [2.24, 2.45) is 7.05 Å². The van der Waals surface area contributed by atoms with Crippen molar-refractivity contribution in [3.63, 3.8) is 0 Å². The largest absolute Gasteiger partial charge is 0.497 e.